The third-order valence-corrected chi connectivity index (χ3v) is 5.39. The van der Waals surface area contributed by atoms with E-state index in [-0.39, 0.29) is 19.0 Å². The zero-order chi connectivity index (χ0) is 29.1. The molecule has 1 nitrogen and oxygen atoms in total. The SMILES string of the molecule is CC(C)c1ccc(C(C)C(F)(F)C(F)(F)C(F)(F)C(F)(F)C(F)(F)C(F)(F)C(F)(F)C(F)(F)F)cc1.N. The van der Waals surface area contributed by atoms with Crippen LogP contribution in [0.2, 0.25) is 0 Å². The van der Waals surface area contributed by atoms with Crippen LogP contribution in [0.3, 0.4) is 0 Å². The molecule has 0 spiro atoms. The second kappa shape index (κ2) is 9.63. The Labute approximate surface area is 197 Å². The molecule has 0 saturated heterocycles. The number of hydrogen-bond acceptors (Lipinski definition) is 1. The lowest BCUT2D eigenvalue weighted by atomic mass is 9.83. The van der Waals surface area contributed by atoms with Gasteiger partial charge in [0.05, 0.1) is 5.92 Å². The van der Waals surface area contributed by atoms with Gasteiger partial charge >= 0.3 is 47.6 Å². The van der Waals surface area contributed by atoms with Crippen molar-refractivity contribution in [2.24, 2.45) is 0 Å². The maximum Gasteiger partial charge on any atom is 0.460 e. The molecular weight excluding hydrogens is 565 g/mol. The summed E-state index contributed by atoms with van der Waals surface area (Å²) >= 11 is 0. The van der Waals surface area contributed by atoms with Gasteiger partial charge < -0.3 is 6.15 Å². The van der Waals surface area contributed by atoms with Gasteiger partial charge in [0.25, 0.3) is 0 Å². The molecule has 0 radical (unpaired) electrons. The lowest BCUT2D eigenvalue weighted by Gasteiger charge is -2.43. The highest BCUT2D eigenvalue weighted by molar-refractivity contribution is 5.29. The Morgan fingerprint density at radius 2 is 0.703 bits per heavy atom. The van der Waals surface area contributed by atoms with Crippen molar-refractivity contribution in [3.8, 4) is 0 Å². The maximum atomic E-state index is 14.3. The minimum Gasteiger partial charge on any atom is -0.344 e. The molecule has 1 atom stereocenters. The number of rotatable bonds is 9. The molecule has 0 amide bonds. The molecule has 1 aromatic carbocycles. The molecule has 1 aromatic rings. The molecule has 218 valence electrons. The van der Waals surface area contributed by atoms with Crippen LogP contribution in [-0.2, 0) is 0 Å². The molecule has 0 aliphatic heterocycles. The van der Waals surface area contributed by atoms with E-state index in [1.54, 1.807) is 13.8 Å². The van der Waals surface area contributed by atoms with Crippen LogP contribution in [0.15, 0.2) is 24.3 Å². The third kappa shape index (κ3) is 4.82. The van der Waals surface area contributed by atoms with Crippen LogP contribution in [0.1, 0.15) is 43.7 Å². The van der Waals surface area contributed by atoms with Crippen LogP contribution >= 0.6 is 0 Å². The first kappa shape index (κ1) is 35.0. The summed E-state index contributed by atoms with van der Waals surface area (Å²) in [6.45, 7) is 3.18. The van der Waals surface area contributed by atoms with Gasteiger partial charge in [-0.2, -0.15) is 74.6 Å². The summed E-state index contributed by atoms with van der Waals surface area (Å²) in [7, 11) is 0. The minimum atomic E-state index is -8.62. The van der Waals surface area contributed by atoms with Gasteiger partial charge in [0.2, 0.25) is 0 Å². The molecule has 0 saturated carbocycles. The normalized spacial score (nSPS) is 16.0. The Balaban J connectivity index is 0.0000130. The summed E-state index contributed by atoms with van der Waals surface area (Å²) in [5.74, 6) is -59.8. The maximum absolute atomic E-state index is 14.3. The molecule has 0 aliphatic carbocycles. The van der Waals surface area contributed by atoms with Crippen LogP contribution in [0.5, 0.6) is 0 Å². The van der Waals surface area contributed by atoms with Crippen molar-refractivity contribution >= 4 is 0 Å². The molecule has 0 bridgehead atoms. The molecule has 0 fully saturated rings. The Bertz CT molecular complexity index is 916. The van der Waals surface area contributed by atoms with Gasteiger partial charge in [0, 0.05) is 0 Å². The predicted molar refractivity (Wildman–Crippen MR) is 94.7 cm³/mol. The monoisotopic (exact) mass is 583 g/mol. The molecule has 3 N–H and O–H groups in total. The Hall–Kier alpha value is -2.01. The molecular formula is C19H18F17N. The van der Waals surface area contributed by atoms with Gasteiger partial charge in [0.1, 0.15) is 0 Å². The van der Waals surface area contributed by atoms with E-state index in [1.807, 2.05) is 0 Å². The van der Waals surface area contributed by atoms with Crippen molar-refractivity contribution in [1.29, 1.82) is 0 Å². The zero-order valence-corrected chi connectivity index (χ0v) is 18.6. The van der Waals surface area contributed by atoms with Gasteiger partial charge in [0.15, 0.2) is 0 Å². The van der Waals surface area contributed by atoms with Crippen molar-refractivity contribution in [1.82, 2.24) is 6.15 Å². The summed E-state index contributed by atoms with van der Waals surface area (Å²) in [4.78, 5) is 0. The van der Waals surface area contributed by atoms with E-state index in [2.05, 4.69) is 0 Å². The van der Waals surface area contributed by atoms with E-state index in [0.717, 1.165) is 12.1 Å². The lowest BCUT2D eigenvalue weighted by molar-refractivity contribution is -0.462. The molecule has 1 unspecified atom stereocenters. The fourth-order valence-electron chi connectivity index (χ4n) is 2.83. The van der Waals surface area contributed by atoms with Crippen molar-refractivity contribution in [3.05, 3.63) is 35.4 Å². The van der Waals surface area contributed by atoms with Gasteiger partial charge in [-0.25, -0.2) is 0 Å². The van der Waals surface area contributed by atoms with Crippen molar-refractivity contribution in [3.63, 3.8) is 0 Å². The Kier molecular flexibility index (Phi) is 9.10. The second-order valence-corrected chi connectivity index (χ2v) is 8.11. The van der Waals surface area contributed by atoms with Crippen LogP contribution in [-0.4, -0.2) is 47.6 Å². The fraction of sp³-hybridized carbons (Fsp3) is 0.684. The molecule has 37 heavy (non-hydrogen) atoms. The first-order valence-electron chi connectivity index (χ1n) is 9.38. The number of hydrogen-bond donors (Lipinski definition) is 1. The summed E-state index contributed by atoms with van der Waals surface area (Å²) in [5, 5.41) is 0. The van der Waals surface area contributed by atoms with E-state index >= 15 is 0 Å². The van der Waals surface area contributed by atoms with E-state index in [0.29, 0.717) is 17.7 Å². The second-order valence-electron chi connectivity index (χ2n) is 8.11. The predicted octanol–water partition coefficient (Wildman–Crippen LogP) is 9.08. The summed E-state index contributed by atoms with van der Waals surface area (Å²) in [5.41, 5.74) is -0.575. The van der Waals surface area contributed by atoms with Crippen LogP contribution < -0.4 is 6.15 Å². The van der Waals surface area contributed by atoms with Crippen LogP contribution in [0.25, 0.3) is 0 Å². The zero-order valence-electron chi connectivity index (χ0n) is 18.6. The number of benzene rings is 1. The third-order valence-electron chi connectivity index (χ3n) is 5.39. The smallest absolute Gasteiger partial charge is 0.344 e. The lowest BCUT2D eigenvalue weighted by Crippen LogP contribution is -2.74. The average Bonchev–Trinajstić information content (AvgIpc) is 2.71. The van der Waals surface area contributed by atoms with Crippen molar-refractivity contribution in [2.45, 2.75) is 80.2 Å². The molecule has 18 heteroatoms. The first-order chi connectivity index (χ1) is 15.6. The Morgan fingerprint density at radius 3 is 1.00 bits per heavy atom. The fourth-order valence-corrected chi connectivity index (χ4v) is 2.83. The van der Waals surface area contributed by atoms with E-state index in [1.165, 1.54) is 0 Å². The van der Waals surface area contributed by atoms with E-state index in [4.69, 9.17) is 0 Å². The van der Waals surface area contributed by atoms with Gasteiger partial charge in [-0.3, -0.25) is 0 Å². The van der Waals surface area contributed by atoms with Gasteiger partial charge in [-0.1, -0.05) is 45.0 Å². The average molecular weight is 583 g/mol. The van der Waals surface area contributed by atoms with Crippen LogP contribution in [0.4, 0.5) is 74.6 Å². The van der Waals surface area contributed by atoms with Crippen LogP contribution in [0, 0.1) is 0 Å². The molecule has 1 rings (SSSR count). The summed E-state index contributed by atoms with van der Waals surface area (Å²) in [6.07, 6.45) is -7.77. The largest absolute Gasteiger partial charge is 0.460 e. The highest BCUT2D eigenvalue weighted by Crippen LogP contribution is 2.65. The Morgan fingerprint density at radius 1 is 0.432 bits per heavy atom. The highest BCUT2D eigenvalue weighted by Gasteiger charge is 2.95. The number of alkyl halides is 17. The quantitative estimate of drug-likeness (QED) is 0.289. The minimum absolute atomic E-state index is 0. The van der Waals surface area contributed by atoms with E-state index < -0.39 is 59.1 Å². The van der Waals surface area contributed by atoms with E-state index in [9.17, 15) is 74.6 Å². The summed E-state index contributed by atoms with van der Waals surface area (Å²) in [6, 6.07) is 3.33. The van der Waals surface area contributed by atoms with Gasteiger partial charge in [-0.05, 0) is 17.0 Å². The van der Waals surface area contributed by atoms with Crippen molar-refractivity contribution < 1.29 is 74.6 Å². The van der Waals surface area contributed by atoms with Crippen molar-refractivity contribution in [2.75, 3.05) is 0 Å². The molecule has 0 aliphatic rings. The topological polar surface area (TPSA) is 35.0 Å². The standard InChI is InChI=1S/C19H15F17.H3N/c1-8(2)10-4-6-11(7-5-10)9(3)12(20,21)13(22,23)14(24,25)15(26,27)16(28,29)17(30,31)18(32,33)19(34,35)36;/h4-9H,1-3H3;1H3. The van der Waals surface area contributed by atoms with Gasteiger partial charge in [-0.15, -0.1) is 0 Å². The molecule has 0 aromatic heterocycles. The number of halogens is 17. The first-order valence-corrected chi connectivity index (χ1v) is 9.38. The summed E-state index contributed by atoms with van der Waals surface area (Å²) < 4.78 is 228. The highest BCUT2D eigenvalue weighted by atomic mass is 19.4. The molecule has 0 heterocycles.